The summed E-state index contributed by atoms with van der Waals surface area (Å²) < 4.78 is 85.6. The lowest BCUT2D eigenvalue weighted by Gasteiger charge is -2.35. The Labute approximate surface area is 191 Å². The molecule has 1 aliphatic rings. The van der Waals surface area contributed by atoms with Crippen molar-refractivity contribution in [1.82, 2.24) is 4.98 Å². The third kappa shape index (κ3) is 3.73. The maximum Gasteiger partial charge on any atom is 0.430 e. The van der Waals surface area contributed by atoms with Crippen LogP contribution in [0.5, 0.6) is 0 Å². The van der Waals surface area contributed by atoms with Crippen molar-refractivity contribution >= 4 is 5.69 Å². The summed E-state index contributed by atoms with van der Waals surface area (Å²) in [5.74, 6) is 0. The van der Waals surface area contributed by atoms with E-state index < -0.39 is 29.6 Å². The van der Waals surface area contributed by atoms with Crippen molar-refractivity contribution in [3.05, 3.63) is 82.6 Å². The molecule has 0 saturated carbocycles. The van der Waals surface area contributed by atoms with Gasteiger partial charge in [-0.2, -0.15) is 26.3 Å². The Morgan fingerprint density at radius 3 is 2.29 bits per heavy atom. The second kappa shape index (κ2) is 8.04. The number of aromatic nitrogens is 1. The van der Waals surface area contributed by atoms with Crippen LogP contribution in [0.2, 0.25) is 0 Å². The Balaban J connectivity index is 1.86. The van der Waals surface area contributed by atoms with Gasteiger partial charge in [0.2, 0.25) is 0 Å². The number of halogens is 6. The van der Waals surface area contributed by atoms with Gasteiger partial charge in [0.15, 0.2) is 6.39 Å². The second-order valence-corrected chi connectivity index (χ2v) is 8.69. The number of alkyl halides is 6. The van der Waals surface area contributed by atoms with Crippen LogP contribution in [0.4, 0.5) is 32.0 Å². The molecule has 34 heavy (non-hydrogen) atoms. The van der Waals surface area contributed by atoms with Crippen molar-refractivity contribution in [3.63, 3.8) is 0 Å². The van der Waals surface area contributed by atoms with Crippen molar-refractivity contribution in [2.45, 2.75) is 57.2 Å². The first-order valence-corrected chi connectivity index (χ1v) is 10.5. The van der Waals surface area contributed by atoms with E-state index >= 15 is 0 Å². The first-order chi connectivity index (χ1) is 15.8. The molecule has 1 N–H and O–H groups in total. The van der Waals surface area contributed by atoms with Crippen LogP contribution in [0, 0.1) is 13.8 Å². The highest BCUT2D eigenvalue weighted by Crippen LogP contribution is 2.52. The molecule has 0 fully saturated rings. The minimum atomic E-state index is -5.94. The molecule has 2 heterocycles. The first-order valence-electron chi connectivity index (χ1n) is 10.5. The molecule has 4 nitrogen and oxygen atoms in total. The highest BCUT2D eigenvalue weighted by atomic mass is 19.4. The molecule has 3 aromatic rings. The number of rotatable bonds is 4. The van der Waals surface area contributed by atoms with E-state index in [0.29, 0.717) is 17.4 Å². The number of hydrogen-bond donors (Lipinski definition) is 1. The molecule has 1 aliphatic heterocycles. The zero-order chi connectivity index (χ0) is 25.1. The van der Waals surface area contributed by atoms with Gasteiger partial charge in [-0.15, -0.1) is 0 Å². The molecular formula is C24H22F6N2O2. The average molecular weight is 484 g/mol. The molecule has 1 aromatic heterocycles. The summed E-state index contributed by atoms with van der Waals surface area (Å²) in [7, 11) is 0. The summed E-state index contributed by atoms with van der Waals surface area (Å²) in [5, 5.41) is 9.84. The van der Waals surface area contributed by atoms with Gasteiger partial charge in [-0.1, -0.05) is 35.9 Å². The number of oxazole rings is 1. The van der Waals surface area contributed by atoms with E-state index in [1.807, 2.05) is 43.9 Å². The first kappa shape index (κ1) is 24.1. The van der Waals surface area contributed by atoms with Gasteiger partial charge in [0.05, 0.1) is 0 Å². The van der Waals surface area contributed by atoms with Crippen LogP contribution in [-0.4, -0.2) is 28.5 Å². The van der Waals surface area contributed by atoms with Gasteiger partial charge >= 0.3 is 12.4 Å². The van der Waals surface area contributed by atoms with E-state index in [-0.39, 0.29) is 18.0 Å². The molecule has 0 radical (unpaired) electrons. The van der Waals surface area contributed by atoms with Crippen LogP contribution < -0.4 is 4.90 Å². The van der Waals surface area contributed by atoms with Gasteiger partial charge in [0, 0.05) is 17.3 Å². The van der Waals surface area contributed by atoms with Crippen molar-refractivity contribution in [1.29, 1.82) is 0 Å². The predicted molar refractivity (Wildman–Crippen MR) is 112 cm³/mol. The summed E-state index contributed by atoms with van der Waals surface area (Å²) in [6.45, 7) is 5.67. The Morgan fingerprint density at radius 1 is 1.03 bits per heavy atom. The van der Waals surface area contributed by atoms with Gasteiger partial charge in [-0.3, -0.25) is 0 Å². The normalized spacial score (nSPS) is 17.7. The molecule has 2 atom stereocenters. The van der Waals surface area contributed by atoms with Crippen LogP contribution in [0.1, 0.15) is 46.5 Å². The van der Waals surface area contributed by atoms with Gasteiger partial charge in [0.1, 0.15) is 18.0 Å². The zero-order valence-electron chi connectivity index (χ0n) is 18.5. The molecule has 0 bridgehead atoms. The fourth-order valence-corrected chi connectivity index (χ4v) is 4.62. The Bertz CT molecular complexity index is 1170. The molecule has 2 aromatic carbocycles. The maximum atomic E-state index is 13.4. The number of hydrogen-bond acceptors (Lipinski definition) is 4. The minimum Gasteiger partial charge on any atom is -0.451 e. The number of nitrogens with zero attached hydrogens (tertiary/aromatic N) is 2. The fraction of sp³-hybridized carbons (Fsp3) is 0.375. The molecule has 10 heteroatoms. The summed E-state index contributed by atoms with van der Waals surface area (Å²) >= 11 is 0. The van der Waals surface area contributed by atoms with Crippen molar-refractivity contribution in [2.75, 3.05) is 4.90 Å². The lowest BCUT2D eigenvalue weighted by Crippen LogP contribution is -2.53. The van der Waals surface area contributed by atoms with E-state index in [4.69, 9.17) is 4.42 Å². The Morgan fingerprint density at radius 2 is 1.71 bits per heavy atom. The van der Waals surface area contributed by atoms with Crippen LogP contribution in [0.3, 0.4) is 0 Å². The Hall–Kier alpha value is -3.01. The fourth-order valence-electron chi connectivity index (χ4n) is 4.62. The smallest absolute Gasteiger partial charge is 0.430 e. The van der Waals surface area contributed by atoms with Crippen LogP contribution in [0.15, 0.2) is 53.5 Å². The van der Waals surface area contributed by atoms with E-state index in [0.717, 1.165) is 22.8 Å². The number of anilines is 1. The monoisotopic (exact) mass is 484 g/mol. The highest BCUT2D eigenvalue weighted by molar-refractivity contribution is 5.64. The van der Waals surface area contributed by atoms with Gasteiger partial charge < -0.3 is 14.4 Å². The molecule has 0 saturated heterocycles. The van der Waals surface area contributed by atoms with E-state index in [1.165, 1.54) is 18.7 Å². The van der Waals surface area contributed by atoms with Gasteiger partial charge in [0.25, 0.3) is 5.60 Å². The van der Waals surface area contributed by atoms with Crippen LogP contribution >= 0.6 is 0 Å². The highest BCUT2D eigenvalue weighted by Gasteiger charge is 2.71. The lowest BCUT2D eigenvalue weighted by atomic mass is 9.90. The maximum absolute atomic E-state index is 13.4. The third-order valence-electron chi connectivity index (χ3n) is 6.33. The number of aryl methyl sites for hydroxylation is 2. The van der Waals surface area contributed by atoms with E-state index in [9.17, 15) is 31.4 Å². The quantitative estimate of drug-likeness (QED) is 0.452. The molecule has 2 unspecified atom stereocenters. The third-order valence-corrected chi connectivity index (χ3v) is 6.33. The number of fused-ring (bicyclic) bond motifs is 1. The number of aliphatic hydroxyl groups is 1. The average Bonchev–Trinajstić information content (AvgIpc) is 3.36. The standard InChI is InChI=1S/C24H22F6N2O2/c1-13-4-5-14(2)18(8-13)21(19-11-34-12-31-19)32-15(3)9-16-10-17(6-7-20(16)32)22(33,23(25,26)27)24(28,29)30/h4-8,10-12,15,21,33H,9H2,1-3H3. The zero-order valence-corrected chi connectivity index (χ0v) is 18.5. The van der Waals surface area contributed by atoms with Crippen molar-refractivity contribution < 1.29 is 35.9 Å². The predicted octanol–water partition coefficient (Wildman–Crippen LogP) is 6.14. The summed E-state index contributed by atoms with van der Waals surface area (Å²) in [6, 6.07) is 7.79. The molecule has 0 aliphatic carbocycles. The van der Waals surface area contributed by atoms with E-state index in [2.05, 4.69) is 4.98 Å². The molecule has 0 spiro atoms. The van der Waals surface area contributed by atoms with Crippen LogP contribution in [-0.2, 0) is 12.0 Å². The minimum absolute atomic E-state index is 0.189. The molecule has 0 amide bonds. The van der Waals surface area contributed by atoms with Crippen molar-refractivity contribution in [3.8, 4) is 0 Å². The second-order valence-electron chi connectivity index (χ2n) is 8.69. The van der Waals surface area contributed by atoms with Gasteiger partial charge in [-0.25, -0.2) is 4.98 Å². The summed E-state index contributed by atoms with van der Waals surface area (Å²) in [4.78, 5) is 6.21. The summed E-state index contributed by atoms with van der Waals surface area (Å²) in [6.07, 6.45) is -8.95. The largest absolute Gasteiger partial charge is 0.451 e. The van der Waals surface area contributed by atoms with Crippen molar-refractivity contribution in [2.24, 2.45) is 0 Å². The SMILES string of the molecule is Cc1ccc(C)c(C(c2cocn2)N2c3ccc(C(O)(C(F)(F)F)C(F)(F)F)cc3CC2C)c1. The van der Waals surface area contributed by atoms with Crippen LogP contribution in [0.25, 0.3) is 0 Å². The van der Waals surface area contributed by atoms with Gasteiger partial charge in [-0.05, 0) is 49.9 Å². The number of benzene rings is 2. The molecular weight excluding hydrogens is 462 g/mol. The molecule has 182 valence electrons. The summed E-state index contributed by atoms with van der Waals surface area (Å²) in [5.41, 5.74) is -2.11. The van der Waals surface area contributed by atoms with E-state index in [1.54, 1.807) is 0 Å². The molecule has 4 rings (SSSR count). The topological polar surface area (TPSA) is 49.5 Å². The Kier molecular flexibility index (Phi) is 5.70. The lowest BCUT2D eigenvalue weighted by molar-refractivity contribution is -0.376.